The van der Waals surface area contributed by atoms with Gasteiger partial charge in [0, 0.05) is 26.1 Å². The molecule has 0 radical (unpaired) electrons. The lowest BCUT2D eigenvalue weighted by Crippen LogP contribution is -2.08. The number of hydrogen-bond donors (Lipinski definition) is 2. The minimum atomic E-state index is -0.119. The number of hydrogen-bond acceptors (Lipinski definition) is 6. The van der Waals surface area contributed by atoms with Crippen LogP contribution >= 0.6 is 0 Å². The lowest BCUT2D eigenvalue weighted by Gasteiger charge is -2.07. The fourth-order valence-corrected chi connectivity index (χ4v) is 3.96. The number of aliphatic hydroxyl groups is 2. The Hall–Kier alpha value is -1.14. The fraction of sp³-hybridized carbons (Fsp3) is 0.929. The van der Waals surface area contributed by atoms with Crippen molar-refractivity contribution in [2.75, 3.05) is 26.4 Å². The summed E-state index contributed by atoms with van der Waals surface area (Å²) in [6.07, 6.45) is 22.7. The molecule has 34 heavy (non-hydrogen) atoms. The van der Waals surface area contributed by atoms with Crippen LogP contribution in [0.1, 0.15) is 141 Å². The molecule has 0 aliphatic carbocycles. The van der Waals surface area contributed by atoms with Crippen molar-refractivity contribution in [2.24, 2.45) is 0 Å². The van der Waals surface area contributed by atoms with Crippen molar-refractivity contribution in [3.8, 4) is 0 Å². The highest BCUT2D eigenvalue weighted by molar-refractivity contribution is 5.69. The number of esters is 2. The van der Waals surface area contributed by atoms with Crippen molar-refractivity contribution in [3.05, 3.63) is 0 Å². The molecule has 0 aromatic rings. The fourth-order valence-electron chi connectivity index (χ4n) is 3.96. The topological polar surface area (TPSA) is 93.1 Å². The van der Waals surface area contributed by atoms with Gasteiger partial charge in [0.1, 0.15) is 0 Å². The molecular weight excluding hydrogens is 432 g/mol. The van der Waals surface area contributed by atoms with Crippen LogP contribution in [0.2, 0.25) is 0 Å². The van der Waals surface area contributed by atoms with Crippen molar-refractivity contribution in [2.45, 2.75) is 141 Å². The van der Waals surface area contributed by atoms with E-state index in [0.29, 0.717) is 39.3 Å². The highest BCUT2D eigenvalue weighted by Crippen LogP contribution is 2.12. The SMILES string of the molecule is O=C(CCCCCCCCCCCO)OCCCCOC(=O)CCCCCCCCCCCO. The normalized spacial score (nSPS) is 11.0. The molecule has 0 amide bonds. The van der Waals surface area contributed by atoms with E-state index in [1.807, 2.05) is 0 Å². The summed E-state index contributed by atoms with van der Waals surface area (Å²) in [7, 11) is 0. The number of unbranched alkanes of at least 4 members (excludes halogenated alkanes) is 17. The van der Waals surface area contributed by atoms with Crippen molar-refractivity contribution in [1.29, 1.82) is 0 Å². The van der Waals surface area contributed by atoms with E-state index in [9.17, 15) is 9.59 Å². The third-order valence-electron chi connectivity index (χ3n) is 6.14. The lowest BCUT2D eigenvalue weighted by atomic mass is 10.1. The standard InChI is InChI=1S/C28H54O6/c29-23-17-13-9-5-1-3-7-11-15-21-27(31)33-25-19-20-26-34-28(32)22-16-12-8-4-2-6-10-14-18-24-30/h29-30H,1-26H2. The highest BCUT2D eigenvalue weighted by Gasteiger charge is 2.05. The van der Waals surface area contributed by atoms with Crippen LogP contribution in [0.4, 0.5) is 0 Å². The van der Waals surface area contributed by atoms with Gasteiger partial charge in [-0.25, -0.2) is 0 Å². The summed E-state index contributed by atoms with van der Waals surface area (Å²) in [6.45, 7) is 1.42. The molecule has 0 aliphatic heterocycles. The van der Waals surface area contributed by atoms with Gasteiger partial charge >= 0.3 is 11.9 Å². The Labute approximate surface area is 209 Å². The number of carbonyl (C=O) groups is 2. The summed E-state index contributed by atoms with van der Waals surface area (Å²) in [5.41, 5.74) is 0. The number of aliphatic hydroxyl groups excluding tert-OH is 2. The molecule has 0 unspecified atom stereocenters. The van der Waals surface area contributed by atoms with Crippen molar-refractivity contribution in [3.63, 3.8) is 0 Å². The molecule has 6 heteroatoms. The number of rotatable bonds is 27. The Morgan fingerprint density at radius 1 is 0.382 bits per heavy atom. The van der Waals surface area contributed by atoms with Crippen LogP contribution in [-0.4, -0.2) is 48.6 Å². The third-order valence-corrected chi connectivity index (χ3v) is 6.14. The van der Waals surface area contributed by atoms with Gasteiger partial charge in [0.05, 0.1) is 13.2 Å². The Bertz CT molecular complexity index is 401. The van der Waals surface area contributed by atoms with Gasteiger partial charge in [-0.15, -0.1) is 0 Å². The Kier molecular flexibility index (Phi) is 27.2. The average Bonchev–Trinajstić information content (AvgIpc) is 2.83. The molecule has 2 N–H and O–H groups in total. The molecule has 0 aliphatic rings. The maximum atomic E-state index is 11.8. The zero-order valence-corrected chi connectivity index (χ0v) is 21.9. The summed E-state index contributed by atoms with van der Waals surface area (Å²) in [5, 5.41) is 17.5. The van der Waals surface area contributed by atoms with Gasteiger partial charge < -0.3 is 19.7 Å². The first-order valence-corrected chi connectivity index (χ1v) is 14.2. The third kappa shape index (κ3) is 27.1. The summed E-state index contributed by atoms with van der Waals surface area (Å²) in [4.78, 5) is 23.5. The number of ether oxygens (including phenoxy) is 2. The predicted octanol–water partition coefficient (Wildman–Crippen LogP) is 6.64. The molecule has 6 nitrogen and oxygen atoms in total. The molecule has 0 heterocycles. The first-order valence-electron chi connectivity index (χ1n) is 14.2. The van der Waals surface area contributed by atoms with Gasteiger partial charge in [0.2, 0.25) is 0 Å². The van der Waals surface area contributed by atoms with Gasteiger partial charge in [-0.05, 0) is 38.5 Å². The quantitative estimate of drug-likeness (QED) is 0.0998. The van der Waals surface area contributed by atoms with E-state index >= 15 is 0 Å². The van der Waals surface area contributed by atoms with Crippen LogP contribution in [0.15, 0.2) is 0 Å². The molecule has 0 rings (SSSR count). The average molecular weight is 487 g/mol. The minimum absolute atomic E-state index is 0.119. The van der Waals surface area contributed by atoms with Crippen LogP contribution in [0.5, 0.6) is 0 Å². The summed E-state index contributed by atoms with van der Waals surface area (Å²) in [6, 6.07) is 0. The molecule has 0 aromatic carbocycles. The van der Waals surface area contributed by atoms with Crippen LogP contribution in [-0.2, 0) is 19.1 Å². The molecule has 0 fully saturated rings. The molecule has 202 valence electrons. The molecular formula is C28H54O6. The zero-order chi connectivity index (χ0) is 25.0. The molecule has 0 saturated heterocycles. The molecule has 0 atom stereocenters. The van der Waals surface area contributed by atoms with Crippen LogP contribution in [0.3, 0.4) is 0 Å². The monoisotopic (exact) mass is 486 g/mol. The van der Waals surface area contributed by atoms with Gasteiger partial charge in [-0.2, -0.15) is 0 Å². The van der Waals surface area contributed by atoms with E-state index in [-0.39, 0.29) is 11.9 Å². The predicted molar refractivity (Wildman–Crippen MR) is 138 cm³/mol. The second kappa shape index (κ2) is 28.1. The highest BCUT2D eigenvalue weighted by atomic mass is 16.5. The molecule has 0 aromatic heterocycles. The zero-order valence-electron chi connectivity index (χ0n) is 21.9. The van der Waals surface area contributed by atoms with Crippen molar-refractivity contribution in [1.82, 2.24) is 0 Å². The lowest BCUT2D eigenvalue weighted by molar-refractivity contribution is -0.146. The van der Waals surface area contributed by atoms with Gasteiger partial charge in [-0.1, -0.05) is 89.9 Å². The largest absolute Gasteiger partial charge is 0.466 e. The summed E-state index contributed by atoms with van der Waals surface area (Å²) < 4.78 is 10.5. The molecule has 0 bridgehead atoms. The molecule has 0 saturated carbocycles. The Morgan fingerprint density at radius 3 is 0.941 bits per heavy atom. The van der Waals surface area contributed by atoms with Gasteiger partial charge in [0.15, 0.2) is 0 Å². The van der Waals surface area contributed by atoms with Crippen LogP contribution in [0.25, 0.3) is 0 Å². The second-order valence-electron chi connectivity index (χ2n) is 9.46. The Balaban J connectivity index is 3.27. The Morgan fingerprint density at radius 2 is 0.647 bits per heavy atom. The van der Waals surface area contributed by atoms with E-state index in [2.05, 4.69) is 0 Å². The van der Waals surface area contributed by atoms with Crippen LogP contribution < -0.4 is 0 Å². The van der Waals surface area contributed by atoms with E-state index in [1.54, 1.807) is 0 Å². The summed E-state index contributed by atoms with van der Waals surface area (Å²) >= 11 is 0. The van der Waals surface area contributed by atoms with Crippen LogP contribution in [0, 0.1) is 0 Å². The maximum Gasteiger partial charge on any atom is 0.305 e. The van der Waals surface area contributed by atoms with Gasteiger partial charge in [0.25, 0.3) is 0 Å². The van der Waals surface area contributed by atoms with Crippen molar-refractivity contribution < 1.29 is 29.3 Å². The van der Waals surface area contributed by atoms with Gasteiger partial charge in [-0.3, -0.25) is 9.59 Å². The first-order chi connectivity index (χ1) is 16.7. The minimum Gasteiger partial charge on any atom is -0.466 e. The van der Waals surface area contributed by atoms with E-state index in [4.69, 9.17) is 19.7 Å². The van der Waals surface area contributed by atoms with E-state index in [1.165, 1.54) is 64.2 Å². The number of carbonyl (C=O) groups excluding carboxylic acids is 2. The maximum absolute atomic E-state index is 11.8. The smallest absolute Gasteiger partial charge is 0.305 e. The van der Waals surface area contributed by atoms with Crippen molar-refractivity contribution >= 4 is 11.9 Å². The second-order valence-corrected chi connectivity index (χ2v) is 9.46. The molecule has 0 spiro atoms. The first kappa shape index (κ1) is 32.9. The van der Waals surface area contributed by atoms with E-state index < -0.39 is 0 Å². The summed E-state index contributed by atoms with van der Waals surface area (Å²) in [5.74, 6) is -0.239. The van der Waals surface area contributed by atoms with E-state index in [0.717, 1.165) is 64.2 Å².